The first-order valence-corrected chi connectivity index (χ1v) is 5.19. The molecule has 0 saturated carbocycles. The molecule has 3 nitrogen and oxygen atoms in total. The first-order chi connectivity index (χ1) is 6.18. The molecule has 3 atom stereocenters. The van der Waals surface area contributed by atoms with Crippen molar-refractivity contribution in [1.82, 2.24) is 4.81 Å². The number of fused-ring (bicyclic) bond motifs is 1. The fourth-order valence-corrected chi connectivity index (χ4v) is 2.05. The smallest absolute Gasteiger partial charge is 0.243 e. The molecule has 0 N–H and O–H groups in total. The SMILES string of the molecule is CB(P)N1CC(=O)C2C=COC2C1. The molecular weight excluding hydrogens is 184 g/mol. The third kappa shape index (κ3) is 1.65. The van der Waals surface area contributed by atoms with Crippen LogP contribution < -0.4 is 0 Å². The Balaban J connectivity index is 2.08. The van der Waals surface area contributed by atoms with Crippen LogP contribution in [0.5, 0.6) is 0 Å². The van der Waals surface area contributed by atoms with Gasteiger partial charge >= 0.3 is 0 Å². The van der Waals surface area contributed by atoms with Gasteiger partial charge in [0.1, 0.15) is 6.10 Å². The van der Waals surface area contributed by atoms with E-state index in [9.17, 15) is 4.79 Å². The Hall–Kier alpha value is -0.335. The Labute approximate surface area is 80.8 Å². The van der Waals surface area contributed by atoms with Crippen molar-refractivity contribution in [2.45, 2.75) is 12.9 Å². The number of Topliss-reactive ketones (excluding diaryl/α,β-unsaturated/α-hetero) is 1. The van der Waals surface area contributed by atoms with Crippen LogP contribution in [-0.4, -0.2) is 36.4 Å². The van der Waals surface area contributed by atoms with E-state index in [1.807, 2.05) is 6.08 Å². The normalized spacial score (nSPS) is 32.9. The summed E-state index contributed by atoms with van der Waals surface area (Å²) in [5.41, 5.74) is 0. The van der Waals surface area contributed by atoms with Gasteiger partial charge in [0.05, 0.1) is 12.2 Å². The minimum Gasteiger partial charge on any atom is -0.496 e. The van der Waals surface area contributed by atoms with E-state index >= 15 is 0 Å². The Morgan fingerprint density at radius 3 is 3.23 bits per heavy atom. The number of hydrogen-bond acceptors (Lipinski definition) is 3. The highest BCUT2D eigenvalue weighted by Crippen LogP contribution is 2.25. The van der Waals surface area contributed by atoms with Crippen LogP contribution in [0.15, 0.2) is 12.3 Å². The van der Waals surface area contributed by atoms with Gasteiger partial charge in [-0.05, 0) is 6.08 Å². The topological polar surface area (TPSA) is 29.5 Å². The largest absolute Gasteiger partial charge is 0.496 e. The van der Waals surface area contributed by atoms with Crippen molar-refractivity contribution < 1.29 is 9.53 Å². The first kappa shape index (κ1) is 9.23. The predicted molar refractivity (Wildman–Crippen MR) is 55.4 cm³/mol. The molecule has 0 aromatic carbocycles. The summed E-state index contributed by atoms with van der Waals surface area (Å²) in [5, 5.41) is 0. The molecule has 0 radical (unpaired) electrons. The van der Waals surface area contributed by atoms with Crippen LogP contribution in [0, 0.1) is 5.92 Å². The lowest BCUT2D eigenvalue weighted by Gasteiger charge is -2.34. The highest BCUT2D eigenvalue weighted by molar-refractivity contribution is 7.61. The maximum atomic E-state index is 11.6. The van der Waals surface area contributed by atoms with E-state index in [1.54, 1.807) is 6.26 Å². The van der Waals surface area contributed by atoms with Gasteiger partial charge in [-0.1, -0.05) is 6.82 Å². The third-order valence-corrected chi connectivity index (χ3v) is 3.08. The molecule has 0 spiro atoms. The summed E-state index contributed by atoms with van der Waals surface area (Å²) in [4.78, 5) is 13.7. The molecule has 1 fully saturated rings. The van der Waals surface area contributed by atoms with Gasteiger partial charge in [0.25, 0.3) is 0 Å². The lowest BCUT2D eigenvalue weighted by Crippen LogP contribution is -2.51. The average molecular weight is 197 g/mol. The maximum absolute atomic E-state index is 11.6. The molecule has 2 heterocycles. The van der Waals surface area contributed by atoms with Crippen LogP contribution in [-0.2, 0) is 9.53 Å². The summed E-state index contributed by atoms with van der Waals surface area (Å²) in [7, 11) is 2.71. The fraction of sp³-hybridized carbons (Fsp3) is 0.625. The van der Waals surface area contributed by atoms with Crippen molar-refractivity contribution in [1.29, 1.82) is 0 Å². The molecule has 70 valence electrons. The molecule has 2 rings (SSSR count). The highest BCUT2D eigenvalue weighted by Gasteiger charge is 2.38. The van der Waals surface area contributed by atoms with Gasteiger partial charge in [0.2, 0.25) is 6.57 Å². The minimum atomic E-state index is 0.0139. The van der Waals surface area contributed by atoms with Crippen molar-refractivity contribution in [3.63, 3.8) is 0 Å². The third-order valence-electron chi connectivity index (χ3n) is 2.66. The van der Waals surface area contributed by atoms with Crippen molar-refractivity contribution in [3.05, 3.63) is 12.3 Å². The second-order valence-electron chi connectivity index (χ2n) is 3.67. The fourth-order valence-electron chi connectivity index (χ4n) is 1.82. The van der Waals surface area contributed by atoms with Crippen LogP contribution in [0.1, 0.15) is 0 Å². The van der Waals surface area contributed by atoms with Crippen molar-refractivity contribution >= 4 is 21.5 Å². The number of piperidine rings is 1. The van der Waals surface area contributed by atoms with Crippen LogP contribution >= 0.6 is 9.12 Å². The molecule has 1 saturated heterocycles. The first-order valence-electron chi connectivity index (χ1n) is 4.53. The molecular formula is C8H13BNO2P. The van der Waals surface area contributed by atoms with E-state index in [-0.39, 0.29) is 17.8 Å². The van der Waals surface area contributed by atoms with Gasteiger partial charge in [0, 0.05) is 13.1 Å². The summed E-state index contributed by atoms with van der Waals surface area (Å²) < 4.78 is 5.36. The number of ketones is 1. The van der Waals surface area contributed by atoms with Gasteiger partial charge in [-0.2, -0.15) is 9.12 Å². The Kier molecular flexibility index (Phi) is 2.44. The molecule has 0 aliphatic carbocycles. The van der Waals surface area contributed by atoms with E-state index in [2.05, 4.69) is 20.8 Å². The summed E-state index contributed by atoms with van der Waals surface area (Å²) in [6.45, 7) is 3.82. The second-order valence-corrected chi connectivity index (χ2v) is 4.63. The highest BCUT2D eigenvalue weighted by atomic mass is 31.0. The quantitative estimate of drug-likeness (QED) is 0.449. The Morgan fingerprint density at radius 1 is 1.77 bits per heavy atom. The number of nitrogens with zero attached hydrogens (tertiary/aromatic N) is 1. The lowest BCUT2D eigenvalue weighted by molar-refractivity contribution is -0.127. The lowest BCUT2D eigenvalue weighted by atomic mass is 9.84. The van der Waals surface area contributed by atoms with Crippen molar-refractivity contribution in [2.24, 2.45) is 5.92 Å². The zero-order valence-electron chi connectivity index (χ0n) is 7.64. The van der Waals surface area contributed by atoms with Gasteiger partial charge < -0.3 is 9.55 Å². The average Bonchev–Trinajstić information content (AvgIpc) is 2.51. The number of ether oxygens (including phenoxy) is 1. The van der Waals surface area contributed by atoms with E-state index < -0.39 is 0 Å². The zero-order valence-corrected chi connectivity index (χ0v) is 8.80. The molecule has 2 aliphatic rings. The Bertz CT molecular complexity index is 257. The van der Waals surface area contributed by atoms with Crippen LogP contribution in [0.3, 0.4) is 0 Å². The van der Waals surface area contributed by atoms with E-state index in [4.69, 9.17) is 4.74 Å². The summed E-state index contributed by atoms with van der Waals surface area (Å²) in [6, 6.07) is 0. The van der Waals surface area contributed by atoms with Crippen molar-refractivity contribution in [2.75, 3.05) is 13.1 Å². The predicted octanol–water partition coefficient (Wildman–Crippen LogP) is 0.393. The number of carbonyl (C=O) groups is 1. The van der Waals surface area contributed by atoms with E-state index in [0.29, 0.717) is 13.1 Å². The van der Waals surface area contributed by atoms with Crippen LogP contribution in [0.25, 0.3) is 0 Å². The molecule has 0 bridgehead atoms. The monoisotopic (exact) mass is 197 g/mol. The van der Waals surface area contributed by atoms with E-state index in [1.165, 1.54) is 0 Å². The number of rotatable bonds is 1. The number of hydrogen-bond donors (Lipinski definition) is 0. The van der Waals surface area contributed by atoms with Crippen LogP contribution in [0.4, 0.5) is 0 Å². The van der Waals surface area contributed by atoms with Gasteiger partial charge in [-0.15, -0.1) is 0 Å². The zero-order chi connectivity index (χ0) is 9.42. The second kappa shape index (κ2) is 3.43. The van der Waals surface area contributed by atoms with Gasteiger partial charge in [0.15, 0.2) is 5.78 Å². The molecule has 0 amide bonds. The summed E-state index contributed by atoms with van der Waals surface area (Å²) in [6.07, 6.45) is 3.59. The minimum absolute atomic E-state index is 0.0139. The van der Waals surface area contributed by atoms with E-state index in [0.717, 1.165) is 6.54 Å². The maximum Gasteiger partial charge on any atom is 0.243 e. The molecule has 0 aromatic rings. The molecule has 13 heavy (non-hydrogen) atoms. The molecule has 2 aliphatic heterocycles. The standard InChI is InChI=1S/C8H13BNO2P/c1-9(13)10-4-7(11)6-2-3-12-8(6)5-10/h2-3,6,8H,4-5,13H2,1H3. The molecule has 0 aromatic heterocycles. The molecule has 5 heteroatoms. The van der Waals surface area contributed by atoms with Crippen molar-refractivity contribution in [3.8, 4) is 0 Å². The van der Waals surface area contributed by atoms with Gasteiger partial charge in [-0.25, -0.2) is 0 Å². The summed E-state index contributed by atoms with van der Waals surface area (Å²) >= 11 is 0. The van der Waals surface area contributed by atoms with Crippen LogP contribution in [0.2, 0.25) is 6.82 Å². The molecule has 3 unspecified atom stereocenters. The Morgan fingerprint density at radius 2 is 2.54 bits per heavy atom. The number of carbonyl (C=O) groups excluding carboxylic acids is 1. The summed E-state index contributed by atoms with van der Waals surface area (Å²) in [5.74, 6) is 0.291. The van der Waals surface area contributed by atoms with Gasteiger partial charge in [-0.3, -0.25) is 4.79 Å².